The van der Waals surface area contributed by atoms with E-state index in [-0.39, 0.29) is 12.4 Å². The number of hydrogen-bond acceptors (Lipinski definition) is 2. The highest BCUT2D eigenvalue weighted by molar-refractivity contribution is 14.1. The molecule has 66 valence electrons. The monoisotopic (exact) mass is 502 g/mol. The predicted molar refractivity (Wildman–Crippen MR) is 72.2 cm³/mol. The van der Waals surface area contributed by atoms with E-state index >= 15 is 0 Å². The summed E-state index contributed by atoms with van der Waals surface area (Å²) in [5, 5.41) is 18.4. The van der Waals surface area contributed by atoms with Crippen LogP contribution in [0.1, 0.15) is 5.56 Å². The van der Waals surface area contributed by atoms with E-state index in [1.165, 1.54) is 0 Å². The fourth-order valence-electron chi connectivity index (χ4n) is 0.755. The first kappa shape index (κ1) is 11.2. The molecule has 0 aliphatic rings. The van der Waals surface area contributed by atoms with Crippen LogP contribution in [0.2, 0.25) is 0 Å². The van der Waals surface area contributed by atoms with E-state index in [0.717, 1.165) is 10.7 Å². The Morgan fingerprint density at radius 2 is 1.75 bits per heavy atom. The summed E-state index contributed by atoms with van der Waals surface area (Å²) in [6, 6.07) is 1.79. The molecule has 2 nitrogen and oxygen atoms in total. The van der Waals surface area contributed by atoms with Gasteiger partial charge in [0.15, 0.2) is 0 Å². The Morgan fingerprint density at radius 1 is 1.17 bits per heavy atom. The van der Waals surface area contributed by atoms with Gasteiger partial charge in [-0.05, 0) is 73.8 Å². The summed E-state index contributed by atoms with van der Waals surface area (Å²) < 4.78 is 2.90. The Hall–Kier alpha value is 1.17. The third-order valence-electron chi connectivity index (χ3n) is 1.39. The van der Waals surface area contributed by atoms with Crippen LogP contribution in [0.25, 0.3) is 0 Å². The molecule has 0 spiro atoms. The first-order chi connectivity index (χ1) is 5.57. The molecule has 0 aromatic heterocycles. The molecule has 0 heterocycles. The number of rotatable bonds is 1. The maximum Gasteiger partial charge on any atom is 0.135 e. The van der Waals surface area contributed by atoms with Gasteiger partial charge in [0, 0.05) is 12.7 Å². The standard InChI is InChI=1S/C7H5I3O2/c8-4-1-3(2-11)7(12)6(10)5(4)9/h1,11-12H,2H2. The van der Waals surface area contributed by atoms with Crippen LogP contribution in [0, 0.1) is 10.7 Å². The van der Waals surface area contributed by atoms with Crippen molar-refractivity contribution in [2.45, 2.75) is 6.61 Å². The van der Waals surface area contributed by atoms with E-state index in [1.54, 1.807) is 6.07 Å². The van der Waals surface area contributed by atoms with E-state index in [4.69, 9.17) is 5.11 Å². The molecule has 1 rings (SSSR count). The Balaban J connectivity index is 3.39. The summed E-state index contributed by atoms with van der Waals surface area (Å²) in [6.07, 6.45) is 0. The van der Waals surface area contributed by atoms with Gasteiger partial charge in [-0.15, -0.1) is 0 Å². The molecule has 5 heteroatoms. The average Bonchev–Trinajstić information content (AvgIpc) is 2.08. The van der Waals surface area contributed by atoms with Crippen molar-refractivity contribution in [3.8, 4) is 5.75 Å². The SMILES string of the molecule is OCc1cc(I)c(I)c(I)c1O. The van der Waals surface area contributed by atoms with Crippen molar-refractivity contribution in [2.75, 3.05) is 0 Å². The molecule has 0 fully saturated rings. The second kappa shape index (κ2) is 4.60. The maximum absolute atomic E-state index is 9.53. The Bertz CT molecular complexity index is 312. The number of phenols is 1. The van der Waals surface area contributed by atoms with Crippen molar-refractivity contribution >= 4 is 67.8 Å². The first-order valence-electron chi connectivity index (χ1n) is 3.04. The number of aliphatic hydroxyl groups is 1. The number of aromatic hydroxyl groups is 1. The van der Waals surface area contributed by atoms with E-state index in [2.05, 4.69) is 67.8 Å². The normalized spacial score (nSPS) is 10.3. The lowest BCUT2D eigenvalue weighted by Crippen LogP contribution is -1.93. The van der Waals surface area contributed by atoms with Gasteiger partial charge >= 0.3 is 0 Å². The summed E-state index contributed by atoms with van der Waals surface area (Å²) in [5.41, 5.74) is 0.587. The van der Waals surface area contributed by atoms with E-state index < -0.39 is 0 Å². The van der Waals surface area contributed by atoms with Gasteiger partial charge in [-0.25, -0.2) is 0 Å². The molecule has 0 atom stereocenters. The zero-order chi connectivity index (χ0) is 9.30. The zero-order valence-corrected chi connectivity index (χ0v) is 12.3. The number of aliphatic hydroxyl groups excluding tert-OH is 1. The van der Waals surface area contributed by atoms with Crippen LogP contribution in [0.4, 0.5) is 0 Å². The molecular formula is C7H5I3O2. The summed E-state index contributed by atoms with van der Waals surface area (Å²) in [6.45, 7) is -0.116. The summed E-state index contributed by atoms with van der Waals surface area (Å²) in [5.74, 6) is 0.197. The minimum absolute atomic E-state index is 0.116. The highest BCUT2D eigenvalue weighted by atomic mass is 127. The quantitative estimate of drug-likeness (QED) is 0.459. The van der Waals surface area contributed by atoms with E-state index in [0.29, 0.717) is 5.56 Å². The predicted octanol–water partition coefficient (Wildman–Crippen LogP) is 2.70. The van der Waals surface area contributed by atoms with Crippen LogP contribution in [-0.2, 0) is 6.61 Å². The average molecular weight is 502 g/mol. The molecule has 1 aromatic carbocycles. The van der Waals surface area contributed by atoms with Crippen molar-refractivity contribution in [3.05, 3.63) is 22.3 Å². The molecule has 0 aliphatic heterocycles. The highest BCUT2D eigenvalue weighted by Gasteiger charge is 2.11. The van der Waals surface area contributed by atoms with E-state index in [1.807, 2.05) is 0 Å². The largest absolute Gasteiger partial charge is 0.506 e. The Kier molecular flexibility index (Phi) is 4.31. The maximum atomic E-state index is 9.53. The fraction of sp³-hybridized carbons (Fsp3) is 0.143. The third-order valence-corrected chi connectivity index (χ3v) is 6.47. The summed E-state index contributed by atoms with van der Waals surface area (Å²) in [4.78, 5) is 0. The lowest BCUT2D eigenvalue weighted by atomic mass is 10.2. The van der Waals surface area contributed by atoms with Crippen molar-refractivity contribution in [1.29, 1.82) is 0 Å². The minimum Gasteiger partial charge on any atom is -0.506 e. The van der Waals surface area contributed by atoms with Crippen molar-refractivity contribution in [3.63, 3.8) is 0 Å². The first-order valence-corrected chi connectivity index (χ1v) is 6.27. The lowest BCUT2D eigenvalue weighted by molar-refractivity contribution is 0.275. The van der Waals surface area contributed by atoms with Gasteiger partial charge in [-0.3, -0.25) is 0 Å². The second-order valence-corrected chi connectivity index (χ2v) is 5.47. The van der Waals surface area contributed by atoms with Gasteiger partial charge in [0.1, 0.15) is 5.75 Å². The van der Waals surface area contributed by atoms with Crippen LogP contribution < -0.4 is 0 Å². The van der Waals surface area contributed by atoms with Gasteiger partial charge in [0.2, 0.25) is 0 Å². The fourth-order valence-corrected chi connectivity index (χ4v) is 2.96. The van der Waals surface area contributed by atoms with Crippen molar-refractivity contribution in [1.82, 2.24) is 0 Å². The number of benzene rings is 1. The zero-order valence-electron chi connectivity index (χ0n) is 5.81. The van der Waals surface area contributed by atoms with Crippen LogP contribution in [0.15, 0.2) is 6.07 Å². The molecule has 0 radical (unpaired) electrons. The molecule has 1 aromatic rings. The van der Waals surface area contributed by atoms with Crippen LogP contribution >= 0.6 is 67.8 Å². The number of hydrogen-bond donors (Lipinski definition) is 2. The van der Waals surface area contributed by atoms with Gasteiger partial charge < -0.3 is 10.2 Å². The Morgan fingerprint density at radius 3 is 2.25 bits per heavy atom. The highest BCUT2D eigenvalue weighted by Crippen LogP contribution is 2.32. The Labute approximate surface area is 111 Å². The minimum atomic E-state index is -0.116. The molecule has 0 aliphatic carbocycles. The molecule has 0 unspecified atom stereocenters. The molecule has 0 saturated heterocycles. The molecule has 0 bridgehead atoms. The second-order valence-electron chi connectivity index (χ2n) is 2.15. The third kappa shape index (κ3) is 2.15. The molecule has 0 amide bonds. The van der Waals surface area contributed by atoms with Crippen molar-refractivity contribution < 1.29 is 10.2 Å². The molecule has 2 N–H and O–H groups in total. The molecule has 12 heavy (non-hydrogen) atoms. The van der Waals surface area contributed by atoms with Crippen molar-refractivity contribution in [2.24, 2.45) is 0 Å². The van der Waals surface area contributed by atoms with Crippen LogP contribution in [-0.4, -0.2) is 10.2 Å². The van der Waals surface area contributed by atoms with Gasteiger partial charge in [-0.1, -0.05) is 0 Å². The summed E-state index contributed by atoms with van der Waals surface area (Å²) >= 11 is 6.42. The topological polar surface area (TPSA) is 40.5 Å². The molecule has 0 saturated carbocycles. The summed E-state index contributed by atoms with van der Waals surface area (Å²) in [7, 11) is 0. The lowest BCUT2D eigenvalue weighted by Gasteiger charge is -2.07. The van der Waals surface area contributed by atoms with Gasteiger partial charge in [0.25, 0.3) is 0 Å². The van der Waals surface area contributed by atoms with Gasteiger partial charge in [-0.2, -0.15) is 0 Å². The van der Waals surface area contributed by atoms with Gasteiger partial charge in [0.05, 0.1) is 10.2 Å². The smallest absolute Gasteiger partial charge is 0.135 e. The van der Waals surface area contributed by atoms with Crippen LogP contribution in [0.3, 0.4) is 0 Å². The van der Waals surface area contributed by atoms with E-state index in [9.17, 15) is 5.11 Å². The molecular weight excluding hydrogens is 497 g/mol. The van der Waals surface area contributed by atoms with Crippen LogP contribution in [0.5, 0.6) is 5.75 Å². The number of halogens is 3.